The van der Waals surface area contributed by atoms with Gasteiger partial charge in [-0.05, 0) is 18.4 Å². The third-order valence-corrected chi connectivity index (χ3v) is 2.37. The van der Waals surface area contributed by atoms with Crippen LogP contribution in [0, 0.1) is 0 Å². The lowest BCUT2D eigenvalue weighted by atomic mass is 10.1. The molecule has 1 rings (SSSR count). The molecular formula is C15H19NO. The summed E-state index contributed by atoms with van der Waals surface area (Å²) in [5.41, 5.74) is 1.34. The molecule has 0 unspecified atom stereocenters. The number of carbonyl (C=O) groups is 1. The second kappa shape index (κ2) is 7.44. The zero-order valence-corrected chi connectivity index (χ0v) is 10.5. The fourth-order valence-corrected chi connectivity index (χ4v) is 1.36. The fourth-order valence-electron chi connectivity index (χ4n) is 1.36. The van der Waals surface area contributed by atoms with Gasteiger partial charge in [0, 0.05) is 20.2 Å². The minimum atomic E-state index is 0.0118. The minimum Gasteiger partial charge on any atom is -0.345 e. The highest BCUT2D eigenvalue weighted by atomic mass is 16.2. The molecule has 0 fully saturated rings. The molecule has 0 N–H and O–H groups in total. The third-order valence-electron chi connectivity index (χ3n) is 2.37. The highest BCUT2D eigenvalue weighted by Crippen LogP contribution is 2.02. The average Bonchev–Trinajstić information content (AvgIpc) is 2.34. The summed E-state index contributed by atoms with van der Waals surface area (Å²) < 4.78 is 0. The second-order valence-electron chi connectivity index (χ2n) is 4.04. The van der Waals surface area contributed by atoms with Crippen LogP contribution in [0.15, 0.2) is 54.6 Å². The average molecular weight is 229 g/mol. The second-order valence-corrected chi connectivity index (χ2v) is 4.04. The predicted octanol–water partition coefficient (Wildman–Crippen LogP) is 2.82. The van der Waals surface area contributed by atoms with Gasteiger partial charge in [0.15, 0.2) is 0 Å². The van der Waals surface area contributed by atoms with Crippen molar-refractivity contribution in [3.05, 3.63) is 60.2 Å². The lowest BCUT2D eigenvalue weighted by molar-refractivity contribution is -0.123. The number of amides is 1. The van der Waals surface area contributed by atoms with E-state index in [1.807, 2.05) is 12.1 Å². The Morgan fingerprint density at radius 3 is 2.53 bits per heavy atom. The Hall–Kier alpha value is -1.83. The third kappa shape index (κ3) is 5.71. The summed E-state index contributed by atoms with van der Waals surface area (Å²) in [4.78, 5) is 12.8. The van der Waals surface area contributed by atoms with Gasteiger partial charge in [-0.2, -0.15) is 0 Å². The van der Waals surface area contributed by atoms with Crippen molar-refractivity contribution >= 4 is 5.91 Å². The van der Waals surface area contributed by atoms with Gasteiger partial charge in [0.2, 0.25) is 5.91 Å². The topological polar surface area (TPSA) is 20.3 Å². The van der Waals surface area contributed by atoms with Crippen molar-refractivity contribution in [3.63, 3.8) is 0 Å². The van der Waals surface area contributed by atoms with E-state index in [0.29, 0.717) is 0 Å². The van der Waals surface area contributed by atoms with Crippen LogP contribution in [0.2, 0.25) is 0 Å². The molecule has 0 atom stereocenters. The molecule has 0 aliphatic rings. The van der Waals surface area contributed by atoms with Gasteiger partial charge in [0.25, 0.3) is 0 Å². The van der Waals surface area contributed by atoms with Gasteiger partial charge in [0.1, 0.15) is 0 Å². The van der Waals surface area contributed by atoms with Gasteiger partial charge in [0.05, 0.1) is 0 Å². The van der Waals surface area contributed by atoms with Crippen LogP contribution in [0.5, 0.6) is 0 Å². The first-order valence-electron chi connectivity index (χ1n) is 5.78. The first-order chi connectivity index (χ1) is 8.20. The van der Waals surface area contributed by atoms with E-state index in [4.69, 9.17) is 0 Å². The number of aryl methyl sites for hydroxylation is 1. The SMILES string of the molecule is CN(C)C(=O)C=CC=CCCc1ccccc1. The Morgan fingerprint density at radius 1 is 1.18 bits per heavy atom. The van der Waals surface area contributed by atoms with Crippen LogP contribution in [0.1, 0.15) is 12.0 Å². The van der Waals surface area contributed by atoms with Crippen molar-refractivity contribution < 1.29 is 4.79 Å². The number of hydrogen-bond donors (Lipinski definition) is 0. The number of hydrogen-bond acceptors (Lipinski definition) is 1. The highest BCUT2D eigenvalue weighted by Gasteiger charge is 1.94. The van der Waals surface area contributed by atoms with Crippen LogP contribution >= 0.6 is 0 Å². The predicted molar refractivity (Wildman–Crippen MR) is 71.7 cm³/mol. The van der Waals surface area contributed by atoms with E-state index in [-0.39, 0.29) is 5.91 Å². The molecule has 0 saturated carbocycles. The summed E-state index contributed by atoms with van der Waals surface area (Å²) >= 11 is 0. The van der Waals surface area contributed by atoms with Gasteiger partial charge in [-0.15, -0.1) is 0 Å². The maximum atomic E-state index is 11.2. The minimum absolute atomic E-state index is 0.0118. The van der Waals surface area contributed by atoms with Crippen LogP contribution in [-0.2, 0) is 11.2 Å². The molecule has 1 aromatic carbocycles. The molecule has 2 nitrogen and oxygen atoms in total. The first-order valence-corrected chi connectivity index (χ1v) is 5.78. The molecule has 0 aliphatic heterocycles. The molecule has 0 aromatic heterocycles. The monoisotopic (exact) mass is 229 g/mol. The number of carbonyl (C=O) groups excluding carboxylic acids is 1. The molecule has 1 amide bonds. The van der Waals surface area contributed by atoms with Crippen molar-refractivity contribution in [3.8, 4) is 0 Å². The standard InChI is InChI=1S/C15H19NO/c1-16(2)15(17)13-9-4-3-6-10-14-11-7-5-8-12-14/h3-5,7-9,11-13H,6,10H2,1-2H3. The normalized spacial score (nSPS) is 11.2. The van der Waals surface area contributed by atoms with Crippen molar-refractivity contribution in [2.45, 2.75) is 12.8 Å². The number of allylic oxidation sites excluding steroid dienone is 3. The van der Waals surface area contributed by atoms with Crippen LogP contribution in [0.4, 0.5) is 0 Å². The Kier molecular flexibility index (Phi) is 5.80. The Balaban J connectivity index is 2.25. The molecule has 0 saturated heterocycles. The summed E-state index contributed by atoms with van der Waals surface area (Å²) in [6.45, 7) is 0. The highest BCUT2D eigenvalue weighted by molar-refractivity contribution is 5.87. The quantitative estimate of drug-likeness (QED) is 0.561. The molecule has 0 heterocycles. The van der Waals surface area contributed by atoms with Crippen LogP contribution in [0.25, 0.3) is 0 Å². The molecule has 0 radical (unpaired) electrons. The van der Waals surface area contributed by atoms with E-state index in [9.17, 15) is 4.79 Å². The zero-order chi connectivity index (χ0) is 12.5. The van der Waals surface area contributed by atoms with Gasteiger partial charge >= 0.3 is 0 Å². The van der Waals surface area contributed by atoms with Crippen molar-refractivity contribution in [1.82, 2.24) is 4.90 Å². The van der Waals surface area contributed by atoms with E-state index in [0.717, 1.165) is 12.8 Å². The van der Waals surface area contributed by atoms with Gasteiger partial charge in [-0.1, -0.05) is 48.6 Å². The molecule has 90 valence electrons. The van der Waals surface area contributed by atoms with Gasteiger partial charge in [-0.3, -0.25) is 4.79 Å². The van der Waals surface area contributed by atoms with Crippen LogP contribution in [-0.4, -0.2) is 24.9 Å². The van der Waals surface area contributed by atoms with Crippen molar-refractivity contribution in [2.24, 2.45) is 0 Å². The Morgan fingerprint density at radius 2 is 1.88 bits per heavy atom. The van der Waals surface area contributed by atoms with E-state index < -0.39 is 0 Å². The number of nitrogens with zero attached hydrogens (tertiary/aromatic N) is 1. The lowest BCUT2D eigenvalue weighted by Crippen LogP contribution is -2.18. The largest absolute Gasteiger partial charge is 0.345 e. The summed E-state index contributed by atoms with van der Waals surface area (Å²) in [7, 11) is 3.48. The molecule has 17 heavy (non-hydrogen) atoms. The molecular weight excluding hydrogens is 210 g/mol. The number of rotatable bonds is 5. The Bertz CT molecular complexity index is 391. The summed E-state index contributed by atoms with van der Waals surface area (Å²) in [6.07, 6.45) is 9.38. The molecule has 2 heteroatoms. The van der Waals surface area contributed by atoms with E-state index >= 15 is 0 Å². The van der Waals surface area contributed by atoms with Crippen LogP contribution < -0.4 is 0 Å². The number of benzene rings is 1. The Labute approximate surface area is 103 Å². The first kappa shape index (κ1) is 13.2. The molecule has 0 bridgehead atoms. The van der Waals surface area contributed by atoms with E-state index in [1.165, 1.54) is 5.56 Å². The maximum absolute atomic E-state index is 11.2. The number of likely N-dealkylation sites (N-methyl/N-ethyl adjacent to an activating group) is 1. The van der Waals surface area contributed by atoms with Gasteiger partial charge < -0.3 is 4.90 Å². The van der Waals surface area contributed by atoms with Gasteiger partial charge in [-0.25, -0.2) is 0 Å². The summed E-state index contributed by atoms with van der Waals surface area (Å²) in [5, 5.41) is 0. The van der Waals surface area contributed by atoms with E-state index in [1.54, 1.807) is 31.1 Å². The lowest BCUT2D eigenvalue weighted by Gasteiger charge is -2.04. The fraction of sp³-hybridized carbons (Fsp3) is 0.267. The maximum Gasteiger partial charge on any atom is 0.246 e. The van der Waals surface area contributed by atoms with E-state index in [2.05, 4.69) is 30.3 Å². The molecule has 0 aliphatic carbocycles. The zero-order valence-electron chi connectivity index (χ0n) is 10.5. The summed E-state index contributed by atoms with van der Waals surface area (Å²) in [5.74, 6) is 0.0118. The molecule has 0 spiro atoms. The summed E-state index contributed by atoms with van der Waals surface area (Å²) in [6, 6.07) is 10.4. The van der Waals surface area contributed by atoms with Crippen LogP contribution in [0.3, 0.4) is 0 Å². The molecule has 1 aromatic rings. The van der Waals surface area contributed by atoms with Crippen molar-refractivity contribution in [1.29, 1.82) is 0 Å². The smallest absolute Gasteiger partial charge is 0.246 e. The van der Waals surface area contributed by atoms with Crippen molar-refractivity contribution in [2.75, 3.05) is 14.1 Å².